The standard InChI is InChI=1S/C24H15Cl2F4N5O2/c1-35-16(8-17(28)29)12-7-14(32-23(36)15-4-9(25)5-18(30)31-15)19-20(22(12)34-35)24(37)33-21(19)11-6-10(27)2-3-13(11)26/h2-7,17,21H,8H2,1H3,(H,32,36)(H,33,37). The number of anilines is 1. The van der Waals surface area contributed by atoms with Gasteiger partial charge in [-0.3, -0.25) is 14.3 Å². The van der Waals surface area contributed by atoms with Crippen molar-refractivity contribution in [2.45, 2.75) is 18.9 Å². The number of pyridine rings is 1. The number of nitrogens with zero attached hydrogens (tertiary/aromatic N) is 3. The van der Waals surface area contributed by atoms with Crippen molar-refractivity contribution in [3.63, 3.8) is 0 Å². The highest BCUT2D eigenvalue weighted by atomic mass is 35.5. The van der Waals surface area contributed by atoms with Gasteiger partial charge in [-0.15, -0.1) is 0 Å². The molecule has 0 spiro atoms. The lowest BCUT2D eigenvalue weighted by molar-refractivity contribution is 0.0960. The molecule has 0 aliphatic carbocycles. The van der Waals surface area contributed by atoms with E-state index >= 15 is 0 Å². The molecule has 0 bridgehead atoms. The molecular weight excluding hydrogens is 537 g/mol. The normalized spacial score (nSPS) is 14.8. The molecule has 2 N–H and O–H groups in total. The second-order valence-corrected chi connectivity index (χ2v) is 9.14. The van der Waals surface area contributed by atoms with Crippen LogP contribution in [0.2, 0.25) is 10.0 Å². The van der Waals surface area contributed by atoms with Crippen molar-refractivity contribution in [3.05, 3.63) is 86.3 Å². The van der Waals surface area contributed by atoms with Gasteiger partial charge in [-0.25, -0.2) is 18.2 Å². The molecule has 7 nitrogen and oxygen atoms in total. The first kappa shape index (κ1) is 25.0. The third kappa shape index (κ3) is 4.49. The van der Waals surface area contributed by atoms with Crippen LogP contribution in [0.15, 0.2) is 36.4 Å². The van der Waals surface area contributed by atoms with Gasteiger partial charge in [-0.1, -0.05) is 23.2 Å². The van der Waals surface area contributed by atoms with Crippen LogP contribution in [0.1, 0.15) is 43.7 Å². The highest BCUT2D eigenvalue weighted by Crippen LogP contribution is 2.43. The topological polar surface area (TPSA) is 88.9 Å². The Kier molecular flexibility index (Phi) is 6.28. The maximum absolute atomic E-state index is 14.1. The molecule has 2 aromatic carbocycles. The first-order valence-corrected chi connectivity index (χ1v) is 11.5. The number of halogens is 6. The van der Waals surface area contributed by atoms with Crippen molar-refractivity contribution in [1.29, 1.82) is 0 Å². The first-order valence-electron chi connectivity index (χ1n) is 10.7. The van der Waals surface area contributed by atoms with Gasteiger partial charge in [-0.2, -0.15) is 9.49 Å². The molecule has 0 saturated heterocycles. The molecule has 1 unspecified atom stereocenters. The molecule has 0 radical (unpaired) electrons. The lowest BCUT2D eigenvalue weighted by atomic mass is 9.94. The number of rotatable bonds is 5. The largest absolute Gasteiger partial charge is 0.341 e. The zero-order chi connectivity index (χ0) is 26.6. The molecular formula is C24H15Cl2F4N5O2. The number of alkyl halides is 2. The van der Waals surface area contributed by atoms with Crippen LogP contribution in [0.3, 0.4) is 0 Å². The number of carbonyl (C=O) groups excluding carboxylic acids is 2. The quantitative estimate of drug-likeness (QED) is 0.255. The van der Waals surface area contributed by atoms with Gasteiger partial charge in [0.1, 0.15) is 17.0 Å². The number of carbonyl (C=O) groups is 2. The monoisotopic (exact) mass is 551 g/mol. The van der Waals surface area contributed by atoms with Gasteiger partial charge in [0.15, 0.2) is 0 Å². The van der Waals surface area contributed by atoms with Gasteiger partial charge in [0.2, 0.25) is 12.4 Å². The van der Waals surface area contributed by atoms with E-state index in [1.807, 2.05) is 0 Å². The molecule has 4 aromatic rings. The molecule has 3 heterocycles. The summed E-state index contributed by atoms with van der Waals surface area (Å²) in [5, 5.41) is 9.81. The summed E-state index contributed by atoms with van der Waals surface area (Å²) >= 11 is 12.2. The van der Waals surface area contributed by atoms with Crippen molar-refractivity contribution >= 4 is 51.6 Å². The molecule has 1 aliphatic rings. The maximum Gasteiger partial charge on any atom is 0.274 e. The summed E-state index contributed by atoms with van der Waals surface area (Å²) in [6.07, 6.45) is -3.38. The van der Waals surface area contributed by atoms with E-state index in [2.05, 4.69) is 20.7 Å². The van der Waals surface area contributed by atoms with E-state index in [1.165, 1.54) is 23.9 Å². The zero-order valence-corrected chi connectivity index (χ0v) is 20.3. The number of hydrogen-bond donors (Lipinski definition) is 2. The smallest absolute Gasteiger partial charge is 0.274 e. The van der Waals surface area contributed by atoms with Crippen molar-refractivity contribution in [1.82, 2.24) is 20.1 Å². The molecule has 1 aliphatic heterocycles. The number of hydrogen-bond acceptors (Lipinski definition) is 4. The van der Waals surface area contributed by atoms with E-state index in [0.717, 1.165) is 24.3 Å². The first-order chi connectivity index (χ1) is 17.5. The number of amides is 2. The molecule has 13 heteroatoms. The predicted molar refractivity (Wildman–Crippen MR) is 128 cm³/mol. The van der Waals surface area contributed by atoms with E-state index in [-0.39, 0.29) is 54.7 Å². The average molecular weight is 552 g/mol. The van der Waals surface area contributed by atoms with Gasteiger partial charge in [0.25, 0.3) is 11.8 Å². The maximum atomic E-state index is 14.1. The number of fused-ring (bicyclic) bond motifs is 3. The zero-order valence-electron chi connectivity index (χ0n) is 18.8. The summed E-state index contributed by atoms with van der Waals surface area (Å²) in [5.41, 5.74) is 0.263. The van der Waals surface area contributed by atoms with E-state index in [0.29, 0.717) is 0 Å². The van der Waals surface area contributed by atoms with Crippen LogP contribution >= 0.6 is 23.2 Å². The van der Waals surface area contributed by atoms with Crippen LogP contribution in [0.25, 0.3) is 10.9 Å². The van der Waals surface area contributed by atoms with E-state index in [9.17, 15) is 27.2 Å². The lowest BCUT2D eigenvalue weighted by Crippen LogP contribution is -2.21. The van der Waals surface area contributed by atoms with E-state index in [4.69, 9.17) is 23.2 Å². The number of aryl methyl sites for hydroxylation is 1. The van der Waals surface area contributed by atoms with Crippen LogP contribution in [0.4, 0.5) is 23.2 Å². The highest BCUT2D eigenvalue weighted by molar-refractivity contribution is 6.31. The average Bonchev–Trinajstić information content (AvgIpc) is 3.31. The second-order valence-electron chi connectivity index (χ2n) is 8.29. The molecule has 37 heavy (non-hydrogen) atoms. The fourth-order valence-corrected chi connectivity index (χ4v) is 4.85. The Morgan fingerprint density at radius 2 is 1.95 bits per heavy atom. The fourth-order valence-electron chi connectivity index (χ4n) is 4.43. The van der Waals surface area contributed by atoms with Crippen molar-refractivity contribution in [2.24, 2.45) is 7.05 Å². The number of aromatic nitrogens is 3. The summed E-state index contributed by atoms with van der Waals surface area (Å²) in [7, 11) is 1.45. The molecule has 0 fully saturated rings. The van der Waals surface area contributed by atoms with Crippen LogP contribution in [-0.4, -0.2) is 33.0 Å². The van der Waals surface area contributed by atoms with Crippen molar-refractivity contribution in [3.8, 4) is 0 Å². The Hall–Kier alpha value is -3.70. The van der Waals surface area contributed by atoms with Crippen LogP contribution < -0.4 is 10.6 Å². The van der Waals surface area contributed by atoms with Crippen molar-refractivity contribution in [2.75, 3.05) is 5.32 Å². The van der Waals surface area contributed by atoms with Crippen LogP contribution in [0, 0.1) is 11.8 Å². The number of benzene rings is 2. The third-order valence-corrected chi connectivity index (χ3v) is 6.50. The van der Waals surface area contributed by atoms with Gasteiger partial charge < -0.3 is 10.6 Å². The minimum atomic E-state index is -2.71. The van der Waals surface area contributed by atoms with Gasteiger partial charge in [-0.05, 0) is 30.3 Å². The summed E-state index contributed by atoms with van der Waals surface area (Å²) in [5.74, 6) is -3.13. The summed E-state index contributed by atoms with van der Waals surface area (Å²) in [6.45, 7) is 0. The Morgan fingerprint density at radius 1 is 1.19 bits per heavy atom. The Labute approximate surface area is 216 Å². The van der Waals surface area contributed by atoms with Crippen LogP contribution in [0.5, 0.6) is 0 Å². The molecule has 5 rings (SSSR count). The summed E-state index contributed by atoms with van der Waals surface area (Å²) < 4.78 is 55.8. The third-order valence-electron chi connectivity index (χ3n) is 5.94. The summed E-state index contributed by atoms with van der Waals surface area (Å²) in [6, 6.07) is 6.01. The van der Waals surface area contributed by atoms with Gasteiger partial charge >= 0.3 is 0 Å². The minimum Gasteiger partial charge on any atom is -0.341 e. The van der Waals surface area contributed by atoms with Crippen LogP contribution in [-0.2, 0) is 13.5 Å². The predicted octanol–water partition coefficient (Wildman–Crippen LogP) is 5.45. The Bertz CT molecular complexity index is 1590. The SMILES string of the molecule is Cn1nc2c3c(c(NC(=O)c4cc(Cl)cc(F)n4)cc2c1CC(F)F)C(c1cc(F)ccc1Cl)NC3=O. The number of nitrogens with one attached hydrogen (secondary N) is 2. The van der Waals surface area contributed by atoms with Crippen molar-refractivity contribution < 1.29 is 27.2 Å². The minimum absolute atomic E-state index is 0.000483. The molecule has 2 amide bonds. The lowest BCUT2D eigenvalue weighted by Gasteiger charge is -2.18. The van der Waals surface area contributed by atoms with Gasteiger partial charge in [0, 0.05) is 45.4 Å². The van der Waals surface area contributed by atoms with E-state index in [1.54, 1.807) is 0 Å². The molecule has 190 valence electrons. The molecule has 0 saturated carbocycles. The molecule has 2 aromatic heterocycles. The molecule has 1 atom stereocenters. The summed E-state index contributed by atoms with van der Waals surface area (Å²) in [4.78, 5) is 29.7. The van der Waals surface area contributed by atoms with E-state index < -0.39 is 42.5 Å². The fraction of sp³-hybridized carbons (Fsp3) is 0.167. The Balaban J connectivity index is 1.75. The van der Waals surface area contributed by atoms with Gasteiger partial charge in [0.05, 0.1) is 23.7 Å². The second kappa shape index (κ2) is 9.31. The highest BCUT2D eigenvalue weighted by Gasteiger charge is 2.38. The Morgan fingerprint density at radius 3 is 2.65 bits per heavy atom.